The number of para-hydroxylation sites is 1. The fourth-order valence-electron chi connectivity index (χ4n) is 3.44. The standard InChI is InChI=1S/C24H22N2O3/c1-17-16-19(11-14-22(17)26-15-5-8-23(26)27)25-24(28)18-9-12-21(13-10-18)29-20-6-3-2-4-7-20/h2-4,6-7,9-14,16H,5,8,15H2,1H3,(H,25,28). The van der Waals surface area contributed by atoms with E-state index in [4.69, 9.17) is 4.74 Å². The van der Waals surface area contributed by atoms with Crippen molar-refractivity contribution in [1.29, 1.82) is 0 Å². The lowest BCUT2D eigenvalue weighted by Crippen LogP contribution is -2.24. The molecule has 5 heteroatoms. The van der Waals surface area contributed by atoms with E-state index in [0.29, 0.717) is 23.4 Å². The molecule has 0 aromatic heterocycles. The lowest BCUT2D eigenvalue weighted by molar-refractivity contribution is -0.117. The first-order valence-electron chi connectivity index (χ1n) is 9.65. The van der Waals surface area contributed by atoms with Crippen molar-refractivity contribution in [2.45, 2.75) is 19.8 Å². The Balaban J connectivity index is 1.42. The summed E-state index contributed by atoms with van der Waals surface area (Å²) in [4.78, 5) is 26.3. The third-order valence-corrected chi connectivity index (χ3v) is 4.91. The highest BCUT2D eigenvalue weighted by atomic mass is 16.5. The third kappa shape index (κ3) is 4.29. The number of carbonyl (C=O) groups excluding carboxylic acids is 2. The van der Waals surface area contributed by atoms with Crippen molar-refractivity contribution in [3.8, 4) is 11.5 Å². The monoisotopic (exact) mass is 386 g/mol. The molecule has 2 amide bonds. The average molecular weight is 386 g/mol. The average Bonchev–Trinajstić information content (AvgIpc) is 3.15. The normalized spacial score (nSPS) is 13.4. The van der Waals surface area contributed by atoms with Crippen molar-refractivity contribution < 1.29 is 14.3 Å². The van der Waals surface area contributed by atoms with E-state index in [1.54, 1.807) is 24.3 Å². The largest absolute Gasteiger partial charge is 0.457 e. The van der Waals surface area contributed by atoms with Gasteiger partial charge in [0, 0.05) is 29.9 Å². The molecule has 29 heavy (non-hydrogen) atoms. The maximum Gasteiger partial charge on any atom is 0.255 e. The quantitative estimate of drug-likeness (QED) is 0.658. The molecule has 0 saturated carbocycles. The van der Waals surface area contributed by atoms with Gasteiger partial charge < -0.3 is 15.0 Å². The number of nitrogens with zero attached hydrogens (tertiary/aromatic N) is 1. The lowest BCUT2D eigenvalue weighted by Gasteiger charge is -2.19. The maximum absolute atomic E-state index is 12.6. The van der Waals surface area contributed by atoms with Crippen molar-refractivity contribution >= 4 is 23.2 Å². The van der Waals surface area contributed by atoms with Gasteiger partial charge in [-0.05, 0) is 73.5 Å². The van der Waals surface area contributed by atoms with E-state index < -0.39 is 0 Å². The topological polar surface area (TPSA) is 58.6 Å². The highest BCUT2D eigenvalue weighted by Gasteiger charge is 2.23. The van der Waals surface area contributed by atoms with Gasteiger partial charge in [0.05, 0.1) is 0 Å². The summed E-state index contributed by atoms with van der Waals surface area (Å²) < 4.78 is 5.75. The number of rotatable bonds is 5. The molecule has 1 fully saturated rings. The highest BCUT2D eigenvalue weighted by Crippen LogP contribution is 2.28. The van der Waals surface area contributed by atoms with Crippen LogP contribution >= 0.6 is 0 Å². The molecule has 3 aromatic carbocycles. The summed E-state index contributed by atoms with van der Waals surface area (Å²) in [5.41, 5.74) is 3.12. The number of carbonyl (C=O) groups is 2. The van der Waals surface area contributed by atoms with E-state index in [9.17, 15) is 9.59 Å². The Bertz CT molecular complexity index is 1030. The number of hydrogen-bond donors (Lipinski definition) is 1. The minimum atomic E-state index is -0.194. The zero-order valence-electron chi connectivity index (χ0n) is 16.2. The van der Waals surface area contributed by atoms with E-state index in [-0.39, 0.29) is 11.8 Å². The van der Waals surface area contributed by atoms with Gasteiger partial charge in [0.15, 0.2) is 0 Å². The summed E-state index contributed by atoms with van der Waals surface area (Å²) in [6, 6.07) is 22.1. The van der Waals surface area contributed by atoms with Crippen LogP contribution < -0.4 is 15.0 Å². The van der Waals surface area contributed by atoms with Crippen LogP contribution in [0.5, 0.6) is 11.5 Å². The number of benzene rings is 3. The van der Waals surface area contributed by atoms with E-state index in [1.807, 2.05) is 60.4 Å². The number of nitrogens with one attached hydrogen (secondary N) is 1. The van der Waals surface area contributed by atoms with Gasteiger partial charge in [0.25, 0.3) is 5.91 Å². The Morgan fingerprint density at radius 1 is 0.966 bits per heavy atom. The molecule has 3 aromatic rings. The molecule has 1 aliphatic rings. The number of amides is 2. The number of ether oxygens (including phenoxy) is 1. The van der Waals surface area contributed by atoms with Gasteiger partial charge in [-0.3, -0.25) is 9.59 Å². The molecular formula is C24H22N2O3. The van der Waals surface area contributed by atoms with Crippen LogP contribution in [-0.4, -0.2) is 18.4 Å². The van der Waals surface area contributed by atoms with Crippen LogP contribution in [-0.2, 0) is 4.79 Å². The Labute approximate surface area is 169 Å². The van der Waals surface area contributed by atoms with Crippen molar-refractivity contribution in [3.63, 3.8) is 0 Å². The fourth-order valence-corrected chi connectivity index (χ4v) is 3.44. The number of hydrogen-bond acceptors (Lipinski definition) is 3. The van der Waals surface area contributed by atoms with Crippen molar-refractivity contribution in [1.82, 2.24) is 0 Å². The fraction of sp³-hybridized carbons (Fsp3) is 0.167. The summed E-state index contributed by atoms with van der Waals surface area (Å²) in [6.45, 7) is 2.70. The van der Waals surface area contributed by atoms with Crippen LogP contribution in [0.15, 0.2) is 72.8 Å². The first-order valence-corrected chi connectivity index (χ1v) is 9.65. The van der Waals surface area contributed by atoms with Gasteiger partial charge in [-0.1, -0.05) is 18.2 Å². The molecule has 0 spiro atoms. The van der Waals surface area contributed by atoms with Crippen molar-refractivity contribution in [2.24, 2.45) is 0 Å². The summed E-state index contributed by atoms with van der Waals surface area (Å²) in [6.07, 6.45) is 1.49. The minimum Gasteiger partial charge on any atom is -0.457 e. The molecule has 0 aliphatic carbocycles. The first kappa shape index (κ1) is 18.7. The minimum absolute atomic E-state index is 0.155. The molecule has 5 nitrogen and oxygen atoms in total. The summed E-state index contributed by atoms with van der Waals surface area (Å²) in [5, 5.41) is 2.91. The Kier molecular flexibility index (Phi) is 5.29. The molecule has 1 saturated heterocycles. The summed E-state index contributed by atoms with van der Waals surface area (Å²) in [5.74, 6) is 1.38. The summed E-state index contributed by atoms with van der Waals surface area (Å²) >= 11 is 0. The first-order chi connectivity index (χ1) is 14.1. The molecule has 1 aliphatic heterocycles. The third-order valence-electron chi connectivity index (χ3n) is 4.91. The van der Waals surface area contributed by atoms with E-state index in [2.05, 4.69) is 5.32 Å². The molecule has 1 N–H and O–H groups in total. The zero-order valence-corrected chi connectivity index (χ0v) is 16.2. The van der Waals surface area contributed by atoms with Gasteiger partial charge in [-0.25, -0.2) is 0 Å². The van der Waals surface area contributed by atoms with Crippen LogP contribution in [0, 0.1) is 6.92 Å². The molecule has 0 bridgehead atoms. The second kappa shape index (κ2) is 8.19. The zero-order chi connectivity index (χ0) is 20.2. The lowest BCUT2D eigenvalue weighted by atomic mass is 10.1. The van der Waals surface area contributed by atoms with Crippen molar-refractivity contribution in [2.75, 3.05) is 16.8 Å². The predicted molar refractivity (Wildman–Crippen MR) is 114 cm³/mol. The van der Waals surface area contributed by atoms with Crippen LogP contribution in [0.25, 0.3) is 0 Å². The number of aryl methyl sites for hydroxylation is 1. The molecule has 0 atom stereocenters. The second-order valence-corrected chi connectivity index (χ2v) is 7.04. The molecule has 146 valence electrons. The van der Waals surface area contributed by atoms with E-state index >= 15 is 0 Å². The van der Waals surface area contributed by atoms with Gasteiger partial charge in [-0.15, -0.1) is 0 Å². The van der Waals surface area contributed by atoms with Gasteiger partial charge >= 0.3 is 0 Å². The molecule has 0 radical (unpaired) electrons. The smallest absolute Gasteiger partial charge is 0.255 e. The van der Waals surface area contributed by atoms with Gasteiger partial charge in [-0.2, -0.15) is 0 Å². The predicted octanol–water partition coefficient (Wildman–Crippen LogP) is 5.17. The maximum atomic E-state index is 12.6. The Hall–Kier alpha value is -3.60. The second-order valence-electron chi connectivity index (χ2n) is 7.04. The molecule has 4 rings (SSSR count). The van der Waals surface area contributed by atoms with Gasteiger partial charge in [0.1, 0.15) is 11.5 Å². The van der Waals surface area contributed by atoms with Crippen LogP contribution in [0.4, 0.5) is 11.4 Å². The molecule has 0 unspecified atom stereocenters. The van der Waals surface area contributed by atoms with Crippen molar-refractivity contribution in [3.05, 3.63) is 83.9 Å². The van der Waals surface area contributed by atoms with E-state index in [1.165, 1.54) is 0 Å². The summed E-state index contributed by atoms with van der Waals surface area (Å²) in [7, 11) is 0. The highest BCUT2D eigenvalue weighted by molar-refractivity contribution is 6.04. The Morgan fingerprint density at radius 3 is 2.34 bits per heavy atom. The van der Waals surface area contributed by atoms with Crippen LogP contribution in [0.2, 0.25) is 0 Å². The Morgan fingerprint density at radius 2 is 1.69 bits per heavy atom. The molecule has 1 heterocycles. The van der Waals surface area contributed by atoms with E-state index in [0.717, 1.165) is 30.0 Å². The molecular weight excluding hydrogens is 364 g/mol. The van der Waals surface area contributed by atoms with Gasteiger partial charge in [0.2, 0.25) is 5.91 Å². The number of anilines is 2. The van der Waals surface area contributed by atoms with Crippen LogP contribution in [0.3, 0.4) is 0 Å². The van der Waals surface area contributed by atoms with Crippen LogP contribution in [0.1, 0.15) is 28.8 Å². The SMILES string of the molecule is Cc1cc(NC(=O)c2ccc(Oc3ccccc3)cc2)ccc1N1CCCC1=O.